The summed E-state index contributed by atoms with van der Waals surface area (Å²) in [6, 6.07) is 0. The topological polar surface area (TPSA) is 127 Å². The van der Waals surface area contributed by atoms with Gasteiger partial charge in [0.25, 0.3) is 0 Å². The Morgan fingerprint density at radius 1 is 1.05 bits per heavy atom. The van der Waals surface area contributed by atoms with Crippen LogP contribution in [0, 0.1) is 0 Å². The maximum absolute atomic E-state index is 12.9. The van der Waals surface area contributed by atoms with Crippen molar-refractivity contribution in [2.75, 3.05) is 0 Å². The molecule has 0 bridgehead atoms. The van der Waals surface area contributed by atoms with E-state index >= 15 is 0 Å². The first kappa shape index (κ1) is 13.1. The lowest BCUT2D eigenvalue weighted by Crippen LogP contribution is -2.11. The van der Waals surface area contributed by atoms with Crippen LogP contribution in [0.1, 0.15) is 30.3 Å². The number of nitrogens with zero attached hydrogens (tertiary/aromatic N) is 6. The molecule has 0 saturated heterocycles. The van der Waals surface area contributed by atoms with Crippen molar-refractivity contribution in [2.45, 2.75) is 24.9 Å². The molecule has 1 fully saturated rings. The molecule has 102 valence electrons. The average molecular weight is 274 g/mol. The van der Waals surface area contributed by atoms with Crippen molar-refractivity contribution in [1.82, 2.24) is 9.97 Å². The van der Waals surface area contributed by atoms with Crippen molar-refractivity contribution < 1.29 is 13.2 Å². The minimum absolute atomic E-state index is 0.0469. The Hall–Kier alpha value is -2.33. The largest absolute Gasteiger partial charge is 0.435 e. The van der Waals surface area contributed by atoms with Crippen molar-refractivity contribution in [3.8, 4) is 0 Å². The van der Waals surface area contributed by atoms with E-state index in [1.807, 2.05) is 0 Å². The fourth-order valence-corrected chi connectivity index (χ4v) is 1.46. The Labute approximate surface area is 104 Å². The van der Waals surface area contributed by atoms with E-state index in [0.717, 1.165) is 12.8 Å². The summed E-state index contributed by atoms with van der Waals surface area (Å²) in [5.74, 6) is 9.16. The first-order valence-corrected chi connectivity index (χ1v) is 5.18. The summed E-state index contributed by atoms with van der Waals surface area (Å²) in [6.45, 7) is 0. The quantitative estimate of drug-likeness (QED) is 0.497. The number of hydrogen-bond acceptors (Lipinski definition) is 6. The van der Waals surface area contributed by atoms with Crippen LogP contribution in [0.3, 0.4) is 0 Å². The molecule has 1 saturated carbocycles. The molecule has 0 aromatic carbocycles. The van der Waals surface area contributed by atoms with Gasteiger partial charge in [-0.25, -0.2) is 9.97 Å². The number of alkyl halides is 3. The van der Waals surface area contributed by atoms with E-state index < -0.39 is 23.4 Å². The summed E-state index contributed by atoms with van der Waals surface area (Å²) in [5, 5.41) is 12.2. The average Bonchev–Trinajstić information content (AvgIpc) is 3.14. The van der Waals surface area contributed by atoms with Gasteiger partial charge in [-0.05, 0) is 12.8 Å². The standard InChI is InChI=1S/C8H9F3N8/c9-8(10,11)5-4(16-18-12)7(17-19-13)15-6(14-5)3-1-2-3/h3H,1-2H2,(H2,12,16)(H2,13,14,15,17). The third-order valence-corrected chi connectivity index (χ3v) is 2.40. The number of rotatable bonds is 3. The lowest BCUT2D eigenvalue weighted by atomic mass is 10.3. The second kappa shape index (κ2) is 4.74. The highest BCUT2D eigenvalue weighted by molar-refractivity contribution is 5.60. The summed E-state index contributed by atoms with van der Waals surface area (Å²) < 4.78 is 38.8. The highest BCUT2D eigenvalue weighted by Crippen LogP contribution is 2.44. The monoisotopic (exact) mass is 274 g/mol. The molecule has 19 heavy (non-hydrogen) atoms. The zero-order chi connectivity index (χ0) is 14.0. The van der Waals surface area contributed by atoms with Gasteiger partial charge in [-0.3, -0.25) is 0 Å². The van der Waals surface area contributed by atoms with Crippen LogP contribution >= 0.6 is 0 Å². The molecule has 1 aromatic heterocycles. The normalized spacial score (nSPS) is 16.6. The highest BCUT2D eigenvalue weighted by Gasteiger charge is 2.40. The van der Waals surface area contributed by atoms with Gasteiger partial charge in [0.2, 0.25) is 5.82 Å². The zero-order valence-electron chi connectivity index (χ0n) is 9.46. The second-order valence-electron chi connectivity index (χ2n) is 3.81. The van der Waals surface area contributed by atoms with Crippen LogP contribution in [0.4, 0.5) is 24.7 Å². The van der Waals surface area contributed by atoms with Gasteiger partial charge < -0.3 is 11.7 Å². The lowest BCUT2D eigenvalue weighted by Gasteiger charge is -2.10. The van der Waals surface area contributed by atoms with Gasteiger partial charge in [0, 0.05) is 5.92 Å². The van der Waals surface area contributed by atoms with Crippen LogP contribution in [0.2, 0.25) is 0 Å². The Morgan fingerprint density at radius 3 is 2.16 bits per heavy atom. The Balaban J connectivity index is 2.65. The molecule has 4 N–H and O–H groups in total. The first-order valence-electron chi connectivity index (χ1n) is 5.18. The van der Waals surface area contributed by atoms with Crippen molar-refractivity contribution in [1.29, 1.82) is 0 Å². The van der Waals surface area contributed by atoms with Gasteiger partial charge >= 0.3 is 6.18 Å². The Kier molecular flexibility index (Phi) is 3.27. The second-order valence-corrected chi connectivity index (χ2v) is 3.81. The van der Waals surface area contributed by atoms with E-state index in [-0.39, 0.29) is 11.7 Å². The van der Waals surface area contributed by atoms with Gasteiger partial charge in [0.1, 0.15) is 5.82 Å². The van der Waals surface area contributed by atoms with E-state index in [9.17, 15) is 13.2 Å². The molecule has 0 amide bonds. The predicted octanol–water partition coefficient (Wildman–Crippen LogP) is 2.29. The van der Waals surface area contributed by atoms with Crippen LogP contribution in [-0.4, -0.2) is 9.97 Å². The molecule has 1 heterocycles. The van der Waals surface area contributed by atoms with E-state index in [1.54, 1.807) is 0 Å². The maximum atomic E-state index is 12.9. The summed E-state index contributed by atoms with van der Waals surface area (Å²) in [5.41, 5.74) is -1.95. The predicted molar refractivity (Wildman–Crippen MR) is 56.4 cm³/mol. The molecule has 0 spiro atoms. The molecular formula is C8H9F3N8. The molecule has 2 rings (SSSR count). The van der Waals surface area contributed by atoms with Crippen LogP contribution in [-0.2, 0) is 6.18 Å². The molecule has 0 unspecified atom stereocenters. The molecule has 1 aliphatic rings. The maximum Gasteiger partial charge on any atom is 0.435 e. The van der Waals surface area contributed by atoms with Crippen molar-refractivity contribution >= 4 is 11.5 Å². The van der Waals surface area contributed by atoms with E-state index in [4.69, 9.17) is 11.7 Å². The summed E-state index contributed by atoms with van der Waals surface area (Å²) in [7, 11) is 0. The smallest absolute Gasteiger partial charge is 0.305 e. The molecule has 0 aliphatic heterocycles. The molecule has 0 radical (unpaired) electrons. The SMILES string of the molecule is NN=Nc1nc(C2CC2)nc(C(F)(F)F)c1N=NN. The van der Waals surface area contributed by atoms with Crippen molar-refractivity contribution in [2.24, 2.45) is 32.4 Å². The van der Waals surface area contributed by atoms with E-state index in [2.05, 4.69) is 30.6 Å². The Morgan fingerprint density at radius 2 is 1.68 bits per heavy atom. The fourth-order valence-electron chi connectivity index (χ4n) is 1.46. The first-order chi connectivity index (χ1) is 8.97. The lowest BCUT2D eigenvalue weighted by molar-refractivity contribution is -0.140. The zero-order valence-corrected chi connectivity index (χ0v) is 9.46. The van der Waals surface area contributed by atoms with Gasteiger partial charge in [-0.15, -0.1) is 10.2 Å². The minimum atomic E-state index is -4.73. The minimum Gasteiger partial charge on any atom is -0.305 e. The van der Waals surface area contributed by atoms with E-state index in [0.29, 0.717) is 0 Å². The molecule has 1 aromatic rings. The van der Waals surface area contributed by atoms with Gasteiger partial charge in [0.05, 0.1) is 0 Å². The summed E-state index contributed by atoms with van der Waals surface area (Å²) in [4.78, 5) is 7.34. The fraction of sp³-hybridized carbons (Fsp3) is 0.500. The molecule has 1 aliphatic carbocycles. The molecule has 11 heteroatoms. The molecule has 8 nitrogen and oxygen atoms in total. The van der Waals surface area contributed by atoms with E-state index in [1.165, 1.54) is 0 Å². The van der Waals surface area contributed by atoms with Gasteiger partial charge in [-0.2, -0.15) is 13.2 Å². The number of halogens is 3. The van der Waals surface area contributed by atoms with Crippen molar-refractivity contribution in [3.05, 3.63) is 11.5 Å². The molecular weight excluding hydrogens is 265 g/mol. The number of hydrogen-bond donors (Lipinski definition) is 2. The Bertz CT molecular complexity index is 534. The summed E-state index contributed by atoms with van der Waals surface area (Å²) in [6.07, 6.45) is -3.27. The van der Waals surface area contributed by atoms with Crippen LogP contribution in [0.15, 0.2) is 20.7 Å². The summed E-state index contributed by atoms with van der Waals surface area (Å²) >= 11 is 0. The van der Waals surface area contributed by atoms with Gasteiger partial charge in [-0.1, -0.05) is 10.4 Å². The van der Waals surface area contributed by atoms with Crippen LogP contribution in [0.25, 0.3) is 0 Å². The number of aromatic nitrogens is 2. The van der Waals surface area contributed by atoms with Gasteiger partial charge in [0.15, 0.2) is 11.4 Å². The van der Waals surface area contributed by atoms with Crippen LogP contribution < -0.4 is 11.7 Å². The third-order valence-electron chi connectivity index (χ3n) is 2.40. The third kappa shape index (κ3) is 2.74. The highest BCUT2D eigenvalue weighted by atomic mass is 19.4. The number of nitrogens with two attached hydrogens (primary N) is 2. The van der Waals surface area contributed by atoms with Crippen LogP contribution in [0.5, 0.6) is 0 Å². The molecule has 0 atom stereocenters. The van der Waals surface area contributed by atoms with Crippen molar-refractivity contribution in [3.63, 3.8) is 0 Å².